The molecular formula is C8H14BrNO3. The predicted octanol–water partition coefficient (Wildman–Crippen LogP) is 1.14. The summed E-state index contributed by atoms with van der Waals surface area (Å²) in [6, 6.07) is -0.766. The number of alkyl halides is 1. The van der Waals surface area contributed by atoms with Crippen LogP contribution >= 0.6 is 15.9 Å². The van der Waals surface area contributed by atoms with Crippen molar-refractivity contribution in [2.24, 2.45) is 0 Å². The Hall–Kier alpha value is -0.580. The lowest BCUT2D eigenvalue weighted by atomic mass is 10.1. The van der Waals surface area contributed by atoms with Crippen LogP contribution in [0.3, 0.4) is 0 Å². The normalized spacial score (nSPS) is 14.7. The maximum absolute atomic E-state index is 11.1. The molecule has 0 aliphatic rings. The first kappa shape index (κ1) is 12.4. The van der Waals surface area contributed by atoms with Crippen molar-refractivity contribution >= 4 is 27.8 Å². The summed E-state index contributed by atoms with van der Waals surface area (Å²) in [5.41, 5.74) is 0. The van der Waals surface area contributed by atoms with Crippen LogP contribution in [0.2, 0.25) is 0 Å². The number of rotatable bonds is 5. The van der Waals surface area contributed by atoms with Gasteiger partial charge in [0.1, 0.15) is 6.04 Å². The van der Waals surface area contributed by atoms with Crippen LogP contribution in [0.25, 0.3) is 0 Å². The van der Waals surface area contributed by atoms with E-state index in [0.29, 0.717) is 6.42 Å². The Kier molecular flexibility index (Phi) is 5.70. The van der Waals surface area contributed by atoms with E-state index in [0.717, 1.165) is 6.42 Å². The van der Waals surface area contributed by atoms with Gasteiger partial charge >= 0.3 is 5.97 Å². The van der Waals surface area contributed by atoms with Crippen LogP contribution in [0.1, 0.15) is 26.7 Å². The summed E-state index contributed by atoms with van der Waals surface area (Å²) in [4.78, 5) is 21.4. The fourth-order valence-corrected chi connectivity index (χ4v) is 0.965. The van der Waals surface area contributed by atoms with Gasteiger partial charge in [0.15, 0.2) is 0 Å². The third kappa shape index (κ3) is 4.87. The molecule has 4 nitrogen and oxygen atoms in total. The van der Waals surface area contributed by atoms with Crippen LogP contribution in [-0.4, -0.2) is 27.9 Å². The smallest absolute Gasteiger partial charge is 0.326 e. The minimum atomic E-state index is -0.983. The molecule has 0 saturated carbocycles. The van der Waals surface area contributed by atoms with E-state index < -0.39 is 12.0 Å². The van der Waals surface area contributed by atoms with E-state index in [4.69, 9.17) is 5.11 Å². The van der Waals surface area contributed by atoms with Gasteiger partial charge in [-0.15, -0.1) is 0 Å². The molecule has 2 atom stereocenters. The summed E-state index contributed by atoms with van der Waals surface area (Å²) in [5.74, 6) is -1.27. The largest absolute Gasteiger partial charge is 0.480 e. The number of carboxylic acids is 1. The van der Waals surface area contributed by atoms with Crippen LogP contribution in [0.5, 0.6) is 0 Å². The van der Waals surface area contributed by atoms with Crippen molar-refractivity contribution in [2.75, 3.05) is 0 Å². The van der Waals surface area contributed by atoms with E-state index in [-0.39, 0.29) is 10.7 Å². The van der Waals surface area contributed by atoms with Crippen molar-refractivity contribution in [1.29, 1.82) is 0 Å². The third-order valence-corrected chi connectivity index (χ3v) is 1.97. The third-order valence-electron chi connectivity index (χ3n) is 1.55. The van der Waals surface area contributed by atoms with Crippen molar-refractivity contribution in [3.63, 3.8) is 0 Å². The van der Waals surface area contributed by atoms with Gasteiger partial charge in [0.25, 0.3) is 0 Å². The molecule has 0 saturated heterocycles. The van der Waals surface area contributed by atoms with Gasteiger partial charge in [0.2, 0.25) is 5.91 Å². The van der Waals surface area contributed by atoms with Crippen molar-refractivity contribution in [2.45, 2.75) is 37.6 Å². The fourth-order valence-electron chi connectivity index (χ4n) is 0.833. The standard InChI is InChI=1S/C8H14BrNO3/c1-3-4-6(8(12)13)10-7(11)5(2)9/h5-6H,3-4H2,1-2H3,(H,10,11)(H,12,13). The first-order chi connectivity index (χ1) is 5.99. The average Bonchev–Trinajstić information content (AvgIpc) is 2.03. The number of hydrogen-bond donors (Lipinski definition) is 2. The predicted molar refractivity (Wildman–Crippen MR) is 52.9 cm³/mol. The first-order valence-corrected chi connectivity index (χ1v) is 5.07. The number of aliphatic carboxylic acids is 1. The molecule has 2 unspecified atom stereocenters. The highest BCUT2D eigenvalue weighted by Crippen LogP contribution is 2.01. The second-order valence-corrected chi connectivity index (χ2v) is 4.18. The van der Waals surface area contributed by atoms with Gasteiger partial charge in [-0.05, 0) is 13.3 Å². The molecule has 5 heteroatoms. The van der Waals surface area contributed by atoms with Gasteiger partial charge in [-0.2, -0.15) is 0 Å². The van der Waals surface area contributed by atoms with E-state index in [1.165, 1.54) is 0 Å². The molecule has 0 fully saturated rings. The topological polar surface area (TPSA) is 66.4 Å². The molecular weight excluding hydrogens is 238 g/mol. The van der Waals surface area contributed by atoms with Crippen molar-refractivity contribution in [3.8, 4) is 0 Å². The van der Waals surface area contributed by atoms with Crippen molar-refractivity contribution in [1.82, 2.24) is 5.32 Å². The number of carboxylic acid groups (broad SMARTS) is 1. The summed E-state index contributed by atoms with van der Waals surface area (Å²) in [7, 11) is 0. The lowest BCUT2D eigenvalue weighted by Gasteiger charge is -2.14. The quantitative estimate of drug-likeness (QED) is 0.721. The molecule has 0 aromatic carbocycles. The minimum Gasteiger partial charge on any atom is -0.480 e. The summed E-state index contributed by atoms with van der Waals surface area (Å²) in [6.45, 7) is 3.53. The van der Waals surface area contributed by atoms with Crippen LogP contribution in [-0.2, 0) is 9.59 Å². The molecule has 0 aromatic heterocycles. The molecule has 0 bridgehead atoms. The van der Waals surface area contributed by atoms with Gasteiger partial charge in [0, 0.05) is 0 Å². The number of carbonyl (C=O) groups excluding carboxylic acids is 1. The molecule has 0 spiro atoms. The highest BCUT2D eigenvalue weighted by atomic mass is 79.9. The summed E-state index contributed by atoms with van der Waals surface area (Å²) >= 11 is 3.06. The molecule has 76 valence electrons. The Morgan fingerprint density at radius 1 is 1.54 bits per heavy atom. The van der Waals surface area contributed by atoms with Gasteiger partial charge < -0.3 is 10.4 Å². The summed E-state index contributed by atoms with van der Waals surface area (Å²) in [6.07, 6.45) is 1.19. The van der Waals surface area contributed by atoms with Crippen LogP contribution in [0.15, 0.2) is 0 Å². The minimum absolute atomic E-state index is 0.291. The van der Waals surface area contributed by atoms with E-state index in [9.17, 15) is 9.59 Å². The Labute approximate surface area is 85.8 Å². The van der Waals surface area contributed by atoms with Gasteiger partial charge in [-0.25, -0.2) is 4.79 Å². The first-order valence-electron chi connectivity index (χ1n) is 4.16. The zero-order valence-electron chi connectivity index (χ0n) is 7.71. The van der Waals surface area contributed by atoms with Crippen LogP contribution in [0.4, 0.5) is 0 Å². The van der Waals surface area contributed by atoms with Crippen LogP contribution in [0, 0.1) is 0 Å². The van der Waals surface area contributed by atoms with Gasteiger partial charge in [0.05, 0.1) is 4.83 Å². The van der Waals surface area contributed by atoms with Gasteiger partial charge in [-0.1, -0.05) is 29.3 Å². The Morgan fingerprint density at radius 2 is 2.08 bits per heavy atom. The van der Waals surface area contributed by atoms with Crippen molar-refractivity contribution < 1.29 is 14.7 Å². The van der Waals surface area contributed by atoms with Crippen molar-refractivity contribution in [3.05, 3.63) is 0 Å². The lowest BCUT2D eigenvalue weighted by Crippen LogP contribution is -2.43. The molecule has 0 aromatic rings. The SMILES string of the molecule is CCCC(NC(=O)C(C)Br)C(=O)O. The molecule has 2 N–H and O–H groups in total. The maximum Gasteiger partial charge on any atom is 0.326 e. The zero-order chi connectivity index (χ0) is 10.4. The van der Waals surface area contributed by atoms with E-state index >= 15 is 0 Å². The molecule has 0 aliphatic heterocycles. The molecule has 0 radical (unpaired) electrons. The number of amides is 1. The second-order valence-electron chi connectivity index (χ2n) is 2.80. The molecule has 13 heavy (non-hydrogen) atoms. The number of hydrogen-bond acceptors (Lipinski definition) is 2. The molecule has 0 heterocycles. The highest BCUT2D eigenvalue weighted by Gasteiger charge is 2.20. The van der Waals surface area contributed by atoms with Crippen LogP contribution < -0.4 is 5.32 Å². The molecule has 0 aliphatic carbocycles. The number of carbonyl (C=O) groups is 2. The Balaban J connectivity index is 4.10. The monoisotopic (exact) mass is 251 g/mol. The summed E-state index contributed by atoms with van der Waals surface area (Å²) < 4.78 is 0. The fraction of sp³-hybridized carbons (Fsp3) is 0.750. The highest BCUT2D eigenvalue weighted by molar-refractivity contribution is 9.10. The summed E-state index contributed by atoms with van der Waals surface area (Å²) in [5, 5.41) is 11.1. The molecule has 1 amide bonds. The number of nitrogens with one attached hydrogen (secondary N) is 1. The van der Waals surface area contributed by atoms with E-state index in [1.54, 1.807) is 6.92 Å². The Morgan fingerprint density at radius 3 is 2.38 bits per heavy atom. The lowest BCUT2D eigenvalue weighted by molar-refractivity contribution is -0.141. The molecule has 0 rings (SSSR count). The maximum atomic E-state index is 11.1. The van der Waals surface area contributed by atoms with Gasteiger partial charge in [-0.3, -0.25) is 4.79 Å². The Bertz CT molecular complexity index is 194. The zero-order valence-corrected chi connectivity index (χ0v) is 9.30. The van der Waals surface area contributed by atoms with E-state index in [2.05, 4.69) is 21.2 Å². The second kappa shape index (κ2) is 5.96. The van der Waals surface area contributed by atoms with E-state index in [1.807, 2.05) is 6.92 Å². The average molecular weight is 252 g/mol. The number of halogens is 1.